The SMILES string of the molecule is CCCC1CCC(C2CCC(CCC)(SC)CC2)CC1. The first-order valence-corrected chi connectivity index (χ1v) is 10.5. The largest absolute Gasteiger partial charge is 0.159 e. The van der Waals surface area contributed by atoms with E-state index < -0.39 is 0 Å². The maximum absolute atomic E-state index is 2.36. The molecule has 0 aromatic heterocycles. The van der Waals surface area contributed by atoms with Gasteiger partial charge in [-0.25, -0.2) is 0 Å². The zero-order valence-electron chi connectivity index (χ0n) is 14.1. The van der Waals surface area contributed by atoms with Crippen molar-refractivity contribution in [1.82, 2.24) is 0 Å². The van der Waals surface area contributed by atoms with Gasteiger partial charge < -0.3 is 0 Å². The van der Waals surface area contributed by atoms with Crippen molar-refractivity contribution in [2.45, 2.75) is 95.6 Å². The highest BCUT2D eigenvalue weighted by molar-refractivity contribution is 8.00. The van der Waals surface area contributed by atoms with Gasteiger partial charge in [0.1, 0.15) is 0 Å². The fourth-order valence-corrected chi connectivity index (χ4v) is 6.06. The van der Waals surface area contributed by atoms with E-state index in [9.17, 15) is 0 Å². The summed E-state index contributed by atoms with van der Waals surface area (Å²) in [4.78, 5) is 0. The molecule has 0 N–H and O–H groups in total. The monoisotopic (exact) mass is 296 g/mol. The van der Waals surface area contributed by atoms with Crippen molar-refractivity contribution in [2.24, 2.45) is 17.8 Å². The van der Waals surface area contributed by atoms with E-state index in [1.54, 1.807) is 12.8 Å². The molecule has 0 atom stereocenters. The van der Waals surface area contributed by atoms with Crippen LogP contribution in [-0.2, 0) is 0 Å². The highest BCUT2D eigenvalue weighted by Gasteiger charge is 2.37. The Labute approximate surface area is 131 Å². The summed E-state index contributed by atoms with van der Waals surface area (Å²) in [7, 11) is 0. The van der Waals surface area contributed by atoms with Crippen molar-refractivity contribution in [3.8, 4) is 0 Å². The number of rotatable bonds is 6. The van der Waals surface area contributed by atoms with Crippen LogP contribution in [-0.4, -0.2) is 11.0 Å². The Morgan fingerprint density at radius 1 is 0.850 bits per heavy atom. The van der Waals surface area contributed by atoms with Crippen molar-refractivity contribution >= 4 is 11.8 Å². The molecule has 0 heterocycles. The molecule has 0 spiro atoms. The minimum absolute atomic E-state index is 0.657. The third-order valence-corrected chi connectivity index (χ3v) is 7.81. The van der Waals surface area contributed by atoms with E-state index in [1.807, 2.05) is 0 Å². The Balaban J connectivity index is 1.77. The fraction of sp³-hybridized carbons (Fsp3) is 1.00. The maximum atomic E-state index is 2.36. The Morgan fingerprint density at radius 3 is 1.95 bits per heavy atom. The van der Waals surface area contributed by atoms with E-state index in [0.29, 0.717) is 4.75 Å². The molecule has 0 aromatic rings. The zero-order valence-corrected chi connectivity index (χ0v) is 14.9. The maximum Gasteiger partial charge on any atom is 0.0157 e. The molecule has 2 rings (SSSR count). The number of hydrogen-bond donors (Lipinski definition) is 0. The minimum Gasteiger partial charge on any atom is -0.159 e. The molecule has 20 heavy (non-hydrogen) atoms. The first kappa shape index (κ1) is 16.7. The third kappa shape index (κ3) is 4.18. The highest BCUT2D eigenvalue weighted by Crippen LogP contribution is 2.48. The van der Waals surface area contributed by atoms with Gasteiger partial charge in [0.25, 0.3) is 0 Å². The van der Waals surface area contributed by atoms with Gasteiger partial charge in [-0.05, 0) is 69.0 Å². The summed E-state index contributed by atoms with van der Waals surface area (Å²) in [5.41, 5.74) is 0. The summed E-state index contributed by atoms with van der Waals surface area (Å²) in [6, 6.07) is 0. The molecule has 2 aliphatic rings. The van der Waals surface area contributed by atoms with Crippen molar-refractivity contribution < 1.29 is 0 Å². The van der Waals surface area contributed by atoms with Crippen LogP contribution < -0.4 is 0 Å². The molecular formula is C19H36S. The second-order valence-corrected chi connectivity index (χ2v) is 8.82. The second kappa shape index (κ2) is 8.11. The van der Waals surface area contributed by atoms with Crippen LogP contribution in [0.3, 0.4) is 0 Å². The Morgan fingerprint density at radius 2 is 1.45 bits per heavy atom. The molecule has 2 aliphatic carbocycles. The van der Waals surface area contributed by atoms with Crippen LogP contribution in [0.2, 0.25) is 0 Å². The van der Waals surface area contributed by atoms with E-state index in [0.717, 1.165) is 17.8 Å². The molecule has 0 saturated heterocycles. The van der Waals surface area contributed by atoms with Gasteiger partial charge in [-0.3, -0.25) is 0 Å². The lowest BCUT2D eigenvalue weighted by atomic mass is 9.68. The molecule has 1 heteroatoms. The summed E-state index contributed by atoms with van der Waals surface area (Å²) < 4.78 is 0.657. The minimum atomic E-state index is 0.657. The average molecular weight is 297 g/mol. The highest BCUT2D eigenvalue weighted by atomic mass is 32.2. The van der Waals surface area contributed by atoms with Crippen LogP contribution in [0.4, 0.5) is 0 Å². The predicted molar refractivity (Wildman–Crippen MR) is 93.5 cm³/mol. The van der Waals surface area contributed by atoms with Gasteiger partial charge in [0, 0.05) is 4.75 Å². The molecule has 2 fully saturated rings. The van der Waals surface area contributed by atoms with Gasteiger partial charge in [0.2, 0.25) is 0 Å². The average Bonchev–Trinajstić information content (AvgIpc) is 2.50. The summed E-state index contributed by atoms with van der Waals surface area (Å²) in [6.45, 7) is 4.71. The lowest BCUT2D eigenvalue weighted by Gasteiger charge is -2.43. The van der Waals surface area contributed by atoms with Gasteiger partial charge >= 0.3 is 0 Å². The standard InChI is InChI=1S/C19H36S/c1-4-6-16-7-9-17(10-8-16)18-11-14-19(20-3,13-5-2)15-12-18/h16-18H,4-15H2,1-3H3. The summed E-state index contributed by atoms with van der Waals surface area (Å²) >= 11 is 2.17. The summed E-state index contributed by atoms with van der Waals surface area (Å²) in [5.74, 6) is 3.24. The molecule has 0 unspecified atom stereocenters. The van der Waals surface area contributed by atoms with E-state index in [1.165, 1.54) is 64.2 Å². The molecule has 0 bridgehead atoms. The second-order valence-electron chi connectivity index (χ2n) is 7.54. The van der Waals surface area contributed by atoms with E-state index in [2.05, 4.69) is 31.9 Å². The molecule has 2 saturated carbocycles. The number of thioether (sulfide) groups is 1. The lowest BCUT2D eigenvalue weighted by Crippen LogP contribution is -2.34. The fourth-order valence-electron chi connectivity index (χ4n) is 5.01. The molecule has 0 amide bonds. The molecule has 0 radical (unpaired) electrons. The van der Waals surface area contributed by atoms with Crippen molar-refractivity contribution in [2.75, 3.05) is 6.26 Å². The van der Waals surface area contributed by atoms with Crippen molar-refractivity contribution in [1.29, 1.82) is 0 Å². The van der Waals surface area contributed by atoms with Crippen LogP contribution >= 0.6 is 11.8 Å². The summed E-state index contributed by atoms with van der Waals surface area (Å²) in [6.07, 6.45) is 20.3. The van der Waals surface area contributed by atoms with Gasteiger partial charge in [0.05, 0.1) is 0 Å². The molecule has 0 nitrogen and oxygen atoms in total. The molecule has 0 aromatic carbocycles. The number of hydrogen-bond acceptors (Lipinski definition) is 1. The van der Waals surface area contributed by atoms with Gasteiger partial charge in [-0.15, -0.1) is 0 Å². The van der Waals surface area contributed by atoms with Crippen molar-refractivity contribution in [3.63, 3.8) is 0 Å². The van der Waals surface area contributed by atoms with Crippen LogP contribution in [0.1, 0.15) is 90.9 Å². The van der Waals surface area contributed by atoms with Crippen LogP contribution in [0.5, 0.6) is 0 Å². The third-order valence-electron chi connectivity index (χ3n) is 6.34. The Bertz CT molecular complexity index is 257. The zero-order chi connectivity index (χ0) is 14.4. The van der Waals surface area contributed by atoms with E-state index >= 15 is 0 Å². The van der Waals surface area contributed by atoms with Crippen LogP contribution in [0, 0.1) is 17.8 Å². The van der Waals surface area contributed by atoms with E-state index in [-0.39, 0.29) is 0 Å². The normalized spacial score (nSPS) is 38.9. The van der Waals surface area contributed by atoms with Gasteiger partial charge in [-0.1, -0.05) is 46.0 Å². The summed E-state index contributed by atoms with van der Waals surface area (Å²) in [5, 5.41) is 0. The van der Waals surface area contributed by atoms with Crippen LogP contribution in [0.15, 0.2) is 0 Å². The molecule has 0 aliphatic heterocycles. The molecule has 118 valence electrons. The lowest BCUT2D eigenvalue weighted by molar-refractivity contribution is 0.149. The first-order valence-electron chi connectivity index (χ1n) is 9.28. The Hall–Kier alpha value is 0.350. The van der Waals surface area contributed by atoms with Gasteiger partial charge in [-0.2, -0.15) is 11.8 Å². The Kier molecular flexibility index (Phi) is 6.78. The quantitative estimate of drug-likeness (QED) is 0.526. The van der Waals surface area contributed by atoms with Gasteiger partial charge in [0.15, 0.2) is 0 Å². The van der Waals surface area contributed by atoms with Crippen molar-refractivity contribution in [3.05, 3.63) is 0 Å². The molecular weight excluding hydrogens is 260 g/mol. The first-order chi connectivity index (χ1) is 9.73. The predicted octanol–water partition coefficient (Wildman–Crippen LogP) is 6.69. The smallest absolute Gasteiger partial charge is 0.0157 e. The van der Waals surface area contributed by atoms with Crippen LogP contribution in [0.25, 0.3) is 0 Å². The van der Waals surface area contributed by atoms with E-state index in [4.69, 9.17) is 0 Å². The topological polar surface area (TPSA) is 0 Å².